The Bertz CT molecular complexity index is 493. The molecule has 1 aliphatic carbocycles. The molecule has 1 unspecified atom stereocenters. The van der Waals surface area contributed by atoms with Crippen LogP contribution in [0.3, 0.4) is 0 Å². The average molecular weight is 270 g/mol. The van der Waals surface area contributed by atoms with Crippen LogP contribution in [-0.2, 0) is 9.53 Å². The SMILES string of the molecule is CCOC(=O)CC(c1cc(=O)[nH]cc1Cl)C1CC1. The Morgan fingerprint density at radius 1 is 1.61 bits per heavy atom. The van der Waals surface area contributed by atoms with E-state index in [1.807, 2.05) is 0 Å². The van der Waals surface area contributed by atoms with Crippen molar-refractivity contribution in [1.29, 1.82) is 0 Å². The molecule has 1 atom stereocenters. The van der Waals surface area contributed by atoms with Crippen LogP contribution in [0.5, 0.6) is 0 Å². The average Bonchev–Trinajstić information content (AvgIpc) is 3.14. The predicted octanol–water partition coefficient (Wildman–Crippen LogP) is 2.48. The van der Waals surface area contributed by atoms with Gasteiger partial charge in [0.25, 0.3) is 0 Å². The van der Waals surface area contributed by atoms with Gasteiger partial charge in [-0.2, -0.15) is 0 Å². The van der Waals surface area contributed by atoms with Crippen LogP contribution in [0, 0.1) is 5.92 Å². The van der Waals surface area contributed by atoms with E-state index in [9.17, 15) is 9.59 Å². The molecule has 1 N–H and O–H groups in total. The highest BCUT2D eigenvalue weighted by Crippen LogP contribution is 2.45. The number of aromatic amines is 1. The molecule has 1 aliphatic rings. The lowest BCUT2D eigenvalue weighted by Crippen LogP contribution is -2.15. The van der Waals surface area contributed by atoms with E-state index < -0.39 is 0 Å². The smallest absolute Gasteiger partial charge is 0.306 e. The number of hydrogen-bond donors (Lipinski definition) is 1. The van der Waals surface area contributed by atoms with Crippen LogP contribution in [0.2, 0.25) is 5.02 Å². The Morgan fingerprint density at radius 3 is 2.94 bits per heavy atom. The van der Waals surface area contributed by atoms with Gasteiger partial charge in [-0.3, -0.25) is 9.59 Å². The molecule has 1 heterocycles. The number of rotatable bonds is 5. The van der Waals surface area contributed by atoms with Crippen LogP contribution in [0.15, 0.2) is 17.1 Å². The van der Waals surface area contributed by atoms with E-state index in [0.717, 1.165) is 18.4 Å². The molecule has 0 bridgehead atoms. The van der Waals surface area contributed by atoms with Crippen molar-refractivity contribution in [3.8, 4) is 0 Å². The predicted molar refractivity (Wildman–Crippen MR) is 68.8 cm³/mol. The Labute approximate surface area is 110 Å². The van der Waals surface area contributed by atoms with E-state index >= 15 is 0 Å². The van der Waals surface area contributed by atoms with Crippen molar-refractivity contribution in [1.82, 2.24) is 4.98 Å². The highest BCUT2D eigenvalue weighted by Gasteiger charge is 2.35. The molecule has 4 nitrogen and oxygen atoms in total. The molecular weight excluding hydrogens is 254 g/mol. The summed E-state index contributed by atoms with van der Waals surface area (Å²) in [4.78, 5) is 25.5. The second kappa shape index (κ2) is 5.57. The molecule has 0 radical (unpaired) electrons. The van der Waals surface area contributed by atoms with Crippen molar-refractivity contribution >= 4 is 17.6 Å². The fourth-order valence-corrected chi connectivity index (χ4v) is 2.43. The van der Waals surface area contributed by atoms with Gasteiger partial charge >= 0.3 is 5.97 Å². The first-order valence-electron chi connectivity index (χ1n) is 6.15. The largest absolute Gasteiger partial charge is 0.466 e. The second-order valence-corrected chi connectivity index (χ2v) is 4.96. The third-order valence-electron chi connectivity index (χ3n) is 3.19. The molecule has 1 aromatic heterocycles. The number of esters is 1. The van der Waals surface area contributed by atoms with Crippen molar-refractivity contribution < 1.29 is 9.53 Å². The number of carbonyl (C=O) groups is 1. The molecular formula is C13H16ClNO3. The van der Waals surface area contributed by atoms with Crippen LogP contribution in [0.25, 0.3) is 0 Å². The fraction of sp³-hybridized carbons (Fsp3) is 0.538. The van der Waals surface area contributed by atoms with Gasteiger partial charge in [0.05, 0.1) is 18.1 Å². The minimum absolute atomic E-state index is 0.00106. The Hall–Kier alpha value is -1.29. The van der Waals surface area contributed by atoms with Gasteiger partial charge in [0.1, 0.15) is 0 Å². The van der Waals surface area contributed by atoms with Crippen molar-refractivity contribution in [3.63, 3.8) is 0 Å². The summed E-state index contributed by atoms with van der Waals surface area (Å²) in [5, 5.41) is 0.510. The summed E-state index contributed by atoms with van der Waals surface area (Å²) in [6, 6.07) is 1.49. The van der Waals surface area contributed by atoms with Gasteiger partial charge < -0.3 is 9.72 Å². The molecule has 0 saturated heterocycles. The molecule has 0 amide bonds. The molecule has 98 valence electrons. The molecule has 0 spiro atoms. The lowest BCUT2D eigenvalue weighted by atomic mass is 9.91. The van der Waals surface area contributed by atoms with E-state index in [4.69, 9.17) is 16.3 Å². The van der Waals surface area contributed by atoms with E-state index in [1.54, 1.807) is 6.92 Å². The third-order valence-corrected chi connectivity index (χ3v) is 3.51. The number of halogens is 1. The Morgan fingerprint density at radius 2 is 2.33 bits per heavy atom. The topological polar surface area (TPSA) is 59.2 Å². The quantitative estimate of drug-likeness (QED) is 0.836. The first-order chi connectivity index (χ1) is 8.61. The maximum atomic E-state index is 11.6. The van der Waals surface area contributed by atoms with E-state index in [1.165, 1.54) is 12.3 Å². The first kappa shape index (κ1) is 13.1. The highest BCUT2D eigenvalue weighted by molar-refractivity contribution is 6.31. The van der Waals surface area contributed by atoms with E-state index in [0.29, 0.717) is 24.0 Å². The fourth-order valence-electron chi connectivity index (χ4n) is 2.18. The van der Waals surface area contributed by atoms with Crippen molar-refractivity contribution in [2.45, 2.75) is 32.1 Å². The maximum Gasteiger partial charge on any atom is 0.306 e. The number of carbonyl (C=O) groups excluding carboxylic acids is 1. The normalized spacial score (nSPS) is 16.3. The minimum Gasteiger partial charge on any atom is -0.466 e. The lowest BCUT2D eigenvalue weighted by molar-refractivity contribution is -0.143. The number of ether oxygens (including phenoxy) is 1. The summed E-state index contributed by atoms with van der Waals surface area (Å²) in [5.74, 6) is 0.207. The van der Waals surface area contributed by atoms with Crippen LogP contribution >= 0.6 is 11.6 Å². The molecule has 1 aromatic rings. The van der Waals surface area contributed by atoms with Gasteiger partial charge in [-0.05, 0) is 37.2 Å². The van der Waals surface area contributed by atoms with Crippen LogP contribution in [-0.4, -0.2) is 17.6 Å². The number of hydrogen-bond acceptors (Lipinski definition) is 3. The number of H-pyrrole nitrogens is 1. The summed E-state index contributed by atoms with van der Waals surface area (Å²) < 4.78 is 4.97. The van der Waals surface area contributed by atoms with Gasteiger partial charge in [0.2, 0.25) is 5.56 Å². The number of aromatic nitrogens is 1. The van der Waals surface area contributed by atoms with Crippen molar-refractivity contribution in [2.75, 3.05) is 6.61 Å². The molecule has 1 saturated carbocycles. The van der Waals surface area contributed by atoms with Crippen molar-refractivity contribution in [3.05, 3.63) is 33.2 Å². The highest BCUT2D eigenvalue weighted by atomic mass is 35.5. The zero-order chi connectivity index (χ0) is 13.1. The minimum atomic E-state index is -0.231. The lowest BCUT2D eigenvalue weighted by Gasteiger charge is -2.16. The zero-order valence-corrected chi connectivity index (χ0v) is 11.0. The summed E-state index contributed by atoms with van der Waals surface area (Å²) in [7, 11) is 0. The maximum absolute atomic E-state index is 11.6. The Balaban J connectivity index is 2.21. The van der Waals surface area contributed by atoms with Crippen LogP contribution in [0.1, 0.15) is 37.7 Å². The van der Waals surface area contributed by atoms with Crippen LogP contribution in [0.4, 0.5) is 0 Å². The monoisotopic (exact) mass is 269 g/mol. The van der Waals surface area contributed by atoms with E-state index in [-0.39, 0.29) is 17.4 Å². The third kappa shape index (κ3) is 3.13. The van der Waals surface area contributed by atoms with Gasteiger partial charge in [0.15, 0.2) is 0 Å². The van der Waals surface area contributed by atoms with Gasteiger partial charge in [0, 0.05) is 12.3 Å². The summed E-state index contributed by atoms with van der Waals surface area (Å²) in [6.45, 7) is 2.16. The molecule has 18 heavy (non-hydrogen) atoms. The Kier molecular flexibility index (Phi) is 4.07. The first-order valence-corrected chi connectivity index (χ1v) is 6.53. The molecule has 5 heteroatoms. The van der Waals surface area contributed by atoms with Crippen LogP contribution < -0.4 is 5.56 Å². The van der Waals surface area contributed by atoms with E-state index in [2.05, 4.69) is 4.98 Å². The number of pyridine rings is 1. The van der Waals surface area contributed by atoms with Crippen molar-refractivity contribution in [2.24, 2.45) is 5.92 Å². The molecule has 1 fully saturated rings. The van der Waals surface area contributed by atoms with Gasteiger partial charge in [-0.25, -0.2) is 0 Å². The van der Waals surface area contributed by atoms with Gasteiger partial charge in [-0.15, -0.1) is 0 Å². The molecule has 0 aliphatic heterocycles. The zero-order valence-electron chi connectivity index (χ0n) is 10.2. The number of nitrogens with one attached hydrogen (secondary N) is 1. The van der Waals surface area contributed by atoms with Gasteiger partial charge in [-0.1, -0.05) is 11.6 Å². The molecule has 0 aromatic carbocycles. The second-order valence-electron chi connectivity index (χ2n) is 4.55. The summed E-state index contributed by atoms with van der Waals surface area (Å²) >= 11 is 6.10. The summed E-state index contributed by atoms with van der Waals surface area (Å²) in [5.41, 5.74) is 0.569. The standard InChI is InChI=1S/C13H16ClNO3/c1-2-18-13(17)6-9(8-3-4-8)10-5-12(16)15-7-11(10)14/h5,7-9H,2-4,6H2,1H3,(H,15,16). The summed E-state index contributed by atoms with van der Waals surface area (Å²) in [6.07, 6.45) is 3.93. The molecule has 2 rings (SSSR count).